The van der Waals surface area contributed by atoms with Gasteiger partial charge in [-0.15, -0.1) is 0 Å². The molecule has 3 nitrogen and oxygen atoms in total. The normalized spacial score (nSPS) is 25.5. The van der Waals surface area contributed by atoms with E-state index in [1.807, 2.05) is 12.4 Å². The molecule has 0 amide bonds. The fourth-order valence-corrected chi connectivity index (χ4v) is 3.40. The lowest BCUT2D eigenvalue weighted by atomic mass is 9.67. The Labute approximate surface area is 128 Å². The second-order valence-electron chi connectivity index (χ2n) is 6.42. The topological polar surface area (TPSA) is 49.6 Å². The average molecular weight is 285 g/mol. The van der Waals surface area contributed by atoms with Gasteiger partial charge in [-0.25, -0.2) is 9.97 Å². The monoisotopic (exact) mass is 285 g/mol. The Morgan fingerprint density at radius 2 is 1.86 bits per heavy atom. The molecule has 1 aromatic heterocycles. The molecule has 0 N–H and O–H groups in total. The van der Waals surface area contributed by atoms with E-state index in [9.17, 15) is 5.26 Å². The van der Waals surface area contributed by atoms with Gasteiger partial charge in [0, 0.05) is 24.4 Å². The fraction of sp³-hybridized carbons (Fsp3) is 0.722. The summed E-state index contributed by atoms with van der Waals surface area (Å²) in [4.78, 5) is 8.96. The highest BCUT2D eigenvalue weighted by Crippen LogP contribution is 2.42. The molecule has 0 radical (unpaired) electrons. The lowest BCUT2D eigenvalue weighted by Gasteiger charge is -2.34. The van der Waals surface area contributed by atoms with Crippen molar-refractivity contribution in [2.45, 2.75) is 77.0 Å². The standard InChI is InChI=1S/C18H27N3/c1-3-5-7-17-20-12-16(13-21-17)18(14-19)10-8-15(6-4-2)9-11-18/h12-13,15H,3-11H2,1-2H3/t15-,18+. The molecular formula is C18H27N3. The Hall–Kier alpha value is -1.43. The Balaban J connectivity index is 2.06. The molecule has 0 bridgehead atoms. The molecule has 114 valence electrons. The zero-order valence-corrected chi connectivity index (χ0v) is 13.4. The number of rotatable bonds is 6. The summed E-state index contributed by atoms with van der Waals surface area (Å²) < 4.78 is 0. The first-order valence-electron chi connectivity index (χ1n) is 8.46. The Bertz CT molecular complexity index is 464. The van der Waals surface area contributed by atoms with Crippen LogP contribution in [0.5, 0.6) is 0 Å². The maximum atomic E-state index is 9.72. The van der Waals surface area contributed by atoms with Gasteiger partial charge in [-0.1, -0.05) is 33.1 Å². The van der Waals surface area contributed by atoms with Gasteiger partial charge in [0.15, 0.2) is 0 Å². The van der Waals surface area contributed by atoms with Gasteiger partial charge in [-0.3, -0.25) is 0 Å². The van der Waals surface area contributed by atoms with Crippen molar-refractivity contribution in [3.8, 4) is 6.07 Å². The van der Waals surface area contributed by atoms with Crippen LogP contribution >= 0.6 is 0 Å². The molecular weight excluding hydrogens is 258 g/mol. The third kappa shape index (κ3) is 3.81. The minimum atomic E-state index is -0.340. The van der Waals surface area contributed by atoms with E-state index >= 15 is 0 Å². The van der Waals surface area contributed by atoms with E-state index < -0.39 is 0 Å². The van der Waals surface area contributed by atoms with E-state index in [2.05, 4.69) is 29.9 Å². The molecule has 0 saturated heterocycles. The van der Waals surface area contributed by atoms with Gasteiger partial charge in [0.1, 0.15) is 5.82 Å². The predicted octanol–water partition coefficient (Wildman–Crippen LogP) is 4.57. The molecule has 1 aliphatic rings. The van der Waals surface area contributed by atoms with E-state index in [-0.39, 0.29) is 5.41 Å². The molecule has 1 aromatic rings. The number of hydrogen-bond acceptors (Lipinski definition) is 3. The molecule has 0 unspecified atom stereocenters. The molecule has 1 heterocycles. The van der Waals surface area contributed by atoms with Crippen molar-refractivity contribution in [1.82, 2.24) is 9.97 Å². The summed E-state index contributed by atoms with van der Waals surface area (Å²) in [6.07, 6.45) is 13.8. The maximum Gasteiger partial charge on any atom is 0.128 e. The largest absolute Gasteiger partial charge is 0.241 e. The van der Waals surface area contributed by atoms with Crippen molar-refractivity contribution in [2.24, 2.45) is 5.92 Å². The fourth-order valence-electron chi connectivity index (χ4n) is 3.40. The number of unbranched alkanes of at least 4 members (excludes halogenated alkanes) is 1. The van der Waals surface area contributed by atoms with Crippen molar-refractivity contribution < 1.29 is 0 Å². The number of nitriles is 1. The van der Waals surface area contributed by atoms with Crippen molar-refractivity contribution in [3.63, 3.8) is 0 Å². The lowest BCUT2D eigenvalue weighted by Crippen LogP contribution is -2.30. The molecule has 0 spiro atoms. The van der Waals surface area contributed by atoms with Crippen molar-refractivity contribution in [3.05, 3.63) is 23.8 Å². The molecule has 1 saturated carbocycles. The van der Waals surface area contributed by atoms with Crippen LogP contribution in [0.25, 0.3) is 0 Å². The number of aromatic nitrogens is 2. The Kier molecular flexibility index (Phi) is 5.73. The predicted molar refractivity (Wildman–Crippen MR) is 84.8 cm³/mol. The highest BCUT2D eigenvalue weighted by Gasteiger charge is 2.37. The molecule has 0 atom stereocenters. The zero-order valence-electron chi connectivity index (χ0n) is 13.4. The van der Waals surface area contributed by atoms with Gasteiger partial charge >= 0.3 is 0 Å². The Morgan fingerprint density at radius 1 is 1.19 bits per heavy atom. The van der Waals surface area contributed by atoms with Gasteiger partial charge in [-0.05, 0) is 38.0 Å². The molecule has 2 rings (SSSR count). The molecule has 1 fully saturated rings. The van der Waals surface area contributed by atoms with Crippen LogP contribution in [0.2, 0.25) is 0 Å². The maximum absolute atomic E-state index is 9.72. The van der Waals surface area contributed by atoms with E-state index in [0.717, 1.165) is 49.4 Å². The minimum absolute atomic E-state index is 0.340. The summed E-state index contributed by atoms with van der Waals surface area (Å²) in [5, 5.41) is 9.72. The number of nitrogens with zero attached hydrogens (tertiary/aromatic N) is 3. The van der Waals surface area contributed by atoms with Crippen LogP contribution < -0.4 is 0 Å². The summed E-state index contributed by atoms with van der Waals surface area (Å²) >= 11 is 0. The summed E-state index contributed by atoms with van der Waals surface area (Å²) in [7, 11) is 0. The van der Waals surface area contributed by atoms with Gasteiger partial charge in [0.2, 0.25) is 0 Å². The molecule has 0 aliphatic heterocycles. The highest BCUT2D eigenvalue weighted by atomic mass is 14.9. The minimum Gasteiger partial charge on any atom is -0.241 e. The van der Waals surface area contributed by atoms with Gasteiger partial charge in [-0.2, -0.15) is 5.26 Å². The van der Waals surface area contributed by atoms with Gasteiger partial charge in [0.25, 0.3) is 0 Å². The van der Waals surface area contributed by atoms with Crippen LogP contribution in [-0.4, -0.2) is 9.97 Å². The summed E-state index contributed by atoms with van der Waals surface area (Å²) in [6.45, 7) is 4.42. The van der Waals surface area contributed by atoms with E-state index in [0.29, 0.717) is 0 Å². The summed E-state index contributed by atoms with van der Waals surface area (Å²) in [5.41, 5.74) is 0.688. The van der Waals surface area contributed by atoms with E-state index in [1.165, 1.54) is 25.7 Å². The third-order valence-corrected chi connectivity index (χ3v) is 4.88. The van der Waals surface area contributed by atoms with Crippen LogP contribution in [0, 0.1) is 17.2 Å². The summed E-state index contributed by atoms with van der Waals surface area (Å²) in [5.74, 6) is 1.72. The van der Waals surface area contributed by atoms with Crippen LogP contribution in [0.3, 0.4) is 0 Å². The van der Waals surface area contributed by atoms with Crippen LogP contribution in [0.15, 0.2) is 12.4 Å². The van der Waals surface area contributed by atoms with E-state index in [4.69, 9.17) is 0 Å². The molecule has 1 aliphatic carbocycles. The van der Waals surface area contributed by atoms with Gasteiger partial charge in [0.05, 0.1) is 11.5 Å². The zero-order chi connectivity index (χ0) is 15.1. The van der Waals surface area contributed by atoms with Crippen molar-refractivity contribution >= 4 is 0 Å². The molecule has 3 heteroatoms. The summed E-state index contributed by atoms with van der Waals surface area (Å²) in [6, 6.07) is 2.58. The second kappa shape index (κ2) is 7.54. The highest BCUT2D eigenvalue weighted by molar-refractivity contribution is 5.29. The number of aryl methyl sites for hydroxylation is 1. The van der Waals surface area contributed by atoms with Crippen LogP contribution in [0.4, 0.5) is 0 Å². The van der Waals surface area contributed by atoms with Crippen LogP contribution in [0.1, 0.15) is 76.6 Å². The SMILES string of the molecule is CCCCc1ncc([C@]2(C#N)CC[C@H](CCC)CC2)cn1. The first-order valence-corrected chi connectivity index (χ1v) is 8.46. The molecule has 0 aromatic carbocycles. The second-order valence-corrected chi connectivity index (χ2v) is 6.42. The quantitative estimate of drug-likeness (QED) is 0.769. The number of hydrogen-bond donors (Lipinski definition) is 0. The average Bonchev–Trinajstić information content (AvgIpc) is 2.55. The smallest absolute Gasteiger partial charge is 0.128 e. The third-order valence-electron chi connectivity index (χ3n) is 4.88. The Morgan fingerprint density at radius 3 is 2.38 bits per heavy atom. The van der Waals surface area contributed by atoms with Crippen LogP contribution in [-0.2, 0) is 11.8 Å². The van der Waals surface area contributed by atoms with E-state index in [1.54, 1.807) is 0 Å². The van der Waals surface area contributed by atoms with Crippen molar-refractivity contribution in [2.75, 3.05) is 0 Å². The van der Waals surface area contributed by atoms with Gasteiger partial charge < -0.3 is 0 Å². The van der Waals surface area contributed by atoms with Crippen molar-refractivity contribution in [1.29, 1.82) is 5.26 Å². The molecule has 21 heavy (non-hydrogen) atoms. The first-order chi connectivity index (χ1) is 10.2. The lowest BCUT2D eigenvalue weighted by molar-refractivity contribution is 0.264. The first kappa shape index (κ1) is 15.9.